The number of amides is 2. The Morgan fingerprint density at radius 3 is 2.71 bits per heavy atom. The molecule has 1 aromatic carbocycles. The van der Waals surface area contributed by atoms with Crippen LogP contribution in [0.4, 0.5) is 14.9 Å². The van der Waals surface area contributed by atoms with Crippen molar-refractivity contribution in [1.29, 1.82) is 0 Å². The Labute approximate surface area is 139 Å². The van der Waals surface area contributed by atoms with Gasteiger partial charge in [0.1, 0.15) is 5.82 Å². The zero-order valence-corrected chi connectivity index (χ0v) is 13.7. The van der Waals surface area contributed by atoms with Crippen molar-refractivity contribution in [2.75, 3.05) is 18.5 Å². The summed E-state index contributed by atoms with van der Waals surface area (Å²) in [5.74, 6) is -0.345. The molecule has 2 amide bonds. The minimum absolute atomic E-state index is 0.0264. The van der Waals surface area contributed by atoms with Crippen LogP contribution in [-0.4, -0.2) is 34.1 Å². The number of rotatable bonds is 2. The molecule has 0 atom stereocenters. The van der Waals surface area contributed by atoms with Crippen LogP contribution in [0.25, 0.3) is 0 Å². The number of halogens is 1. The maximum atomic E-state index is 13.0. The molecule has 0 N–H and O–H groups in total. The van der Waals surface area contributed by atoms with Crippen LogP contribution < -0.4 is 10.5 Å². The van der Waals surface area contributed by atoms with Gasteiger partial charge in [-0.05, 0) is 37.6 Å². The van der Waals surface area contributed by atoms with E-state index in [1.54, 1.807) is 28.6 Å². The molecule has 0 saturated heterocycles. The molecule has 2 aromatic rings. The van der Waals surface area contributed by atoms with E-state index in [9.17, 15) is 14.0 Å². The van der Waals surface area contributed by atoms with E-state index in [1.165, 1.54) is 23.4 Å². The summed E-state index contributed by atoms with van der Waals surface area (Å²) in [7, 11) is 1.65. The Morgan fingerprint density at radius 1 is 1.33 bits per heavy atom. The fourth-order valence-corrected chi connectivity index (χ4v) is 2.84. The highest BCUT2D eigenvalue weighted by molar-refractivity contribution is 5.91. The Hall–Kier alpha value is -2.70. The first kappa shape index (κ1) is 16.2. The van der Waals surface area contributed by atoms with Gasteiger partial charge in [-0.1, -0.05) is 0 Å². The summed E-state index contributed by atoms with van der Waals surface area (Å²) in [6.45, 7) is 3.24. The first-order valence-electron chi connectivity index (χ1n) is 7.86. The topological polar surface area (TPSA) is 58.4 Å². The quantitative estimate of drug-likeness (QED) is 0.846. The van der Waals surface area contributed by atoms with Crippen molar-refractivity contribution < 1.29 is 9.18 Å². The molecule has 2 heterocycles. The van der Waals surface area contributed by atoms with Crippen molar-refractivity contribution in [3.63, 3.8) is 0 Å². The average Bonchev–Trinajstić information content (AvgIpc) is 2.61. The number of hydrogen-bond donors (Lipinski definition) is 0. The third-order valence-electron chi connectivity index (χ3n) is 4.30. The molecule has 0 bridgehead atoms. The number of aromatic nitrogens is 2. The molecular formula is C17H19FN4O2. The van der Waals surface area contributed by atoms with Crippen LogP contribution in [0.5, 0.6) is 0 Å². The summed E-state index contributed by atoms with van der Waals surface area (Å²) in [6.07, 6.45) is 2.02. The lowest BCUT2D eigenvalue weighted by Crippen LogP contribution is -2.45. The van der Waals surface area contributed by atoms with Crippen LogP contribution in [0.1, 0.15) is 18.2 Å². The Balaban J connectivity index is 1.80. The predicted octanol–water partition coefficient (Wildman–Crippen LogP) is 2.02. The van der Waals surface area contributed by atoms with E-state index in [-0.39, 0.29) is 17.4 Å². The minimum atomic E-state index is -0.345. The number of anilines is 1. The van der Waals surface area contributed by atoms with Gasteiger partial charge in [-0.25, -0.2) is 14.2 Å². The highest BCUT2D eigenvalue weighted by atomic mass is 19.1. The fraction of sp³-hybridized carbons (Fsp3) is 0.353. The SMILES string of the molecule is CCn1cnc2c(c1=O)CCN(C(=O)N(C)c1ccc(F)cc1)C2. The van der Waals surface area contributed by atoms with Gasteiger partial charge in [-0.15, -0.1) is 0 Å². The smallest absolute Gasteiger partial charge is 0.318 e. The lowest BCUT2D eigenvalue weighted by Gasteiger charge is -2.31. The van der Waals surface area contributed by atoms with Gasteiger partial charge in [0, 0.05) is 31.4 Å². The van der Waals surface area contributed by atoms with Crippen molar-refractivity contribution in [3.05, 3.63) is 58.0 Å². The molecule has 3 rings (SSSR count). The van der Waals surface area contributed by atoms with Gasteiger partial charge in [0.25, 0.3) is 5.56 Å². The molecule has 7 heteroatoms. The van der Waals surface area contributed by atoms with E-state index in [1.807, 2.05) is 6.92 Å². The molecule has 1 aliphatic heterocycles. The molecule has 0 aliphatic carbocycles. The molecular weight excluding hydrogens is 311 g/mol. The predicted molar refractivity (Wildman–Crippen MR) is 88.5 cm³/mol. The molecule has 0 unspecified atom stereocenters. The molecule has 0 saturated carbocycles. The van der Waals surface area contributed by atoms with Gasteiger partial charge in [-0.2, -0.15) is 0 Å². The van der Waals surface area contributed by atoms with E-state index in [0.29, 0.717) is 43.0 Å². The molecule has 6 nitrogen and oxygen atoms in total. The lowest BCUT2D eigenvalue weighted by atomic mass is 10.1. The third kappa shape index (κ3) is 2.89. The first-order valence-corrected chi connectivity index (χ1v) is 7.86. The minimum Gasteiger partial charge on any atom is -0.318 e. The van der Waals surface area contributed by atoms with Crippen LogP contribution in [0.15, 0.2) is 35.4 Å². The van der Waals surface area contributed by atoms with Crippen molar-refractivity contribution in [1.82, 2.24) is 14.5 Å². The normalized spacial score (nSPS) is 13.5. The van der Waals surface area contributed by atoms with E-state index in [4.69, 9.17) is 0 Å². The van der Waals surface area contributed by atoms with Crippen molar-refractivity contribution in [2.24, 2.45) is 0 Å². The summed E-state index contributed by atoms with van der Waals surface area (Å²) in [4.78, 5) is 32.4. The highest BCUT2D eigenvalue weighted by Crippen LogP contribution is 2.19. The third-order valence-corrected chi connectivity index (χ3v) is 4.30. The lowest BCUT2D eigenvalue weighted by molar-refractivity contribution is 0.199. The summed E-state index contributed by atoms with van der Waals surface area (Å²) in [5, 5.41) is 0. The first-order chi connectivity index (χ1) is 11.5. The zero-order chi connectivity index (χ0) is 17.3. The Bertz CT molecular complexity index is 816. The number of nitrogens with zero attached hydrogens (tertiary/aromatic N) is 4. The maximum absolute atomic E-state index is 13.0. The monoisotopic (exact) mass is 330 g/mol. The Morgan fingerprint density at radius 2 is 2.04 bits per heavy atom. The van der Waals surface area contributed by atoms with E-state index < -0.39 is 0 Å². The summed E-state index contributed by atoms with van der Waals surface area (Å²) in [5.41, 5.74) is 1.92. The van der Waals surface area contributed by atoms with Crippen molar-refractivity contribution in [3.8, 4) is 0 Å². The van der Waals surface area contributed by atoms with E-state index >= 15 is 0 Å². The molecule has 126 valence electrons. The molecule has 1 aromatic heterocycles. The summed E-state index contributed by atoms with van der Waals surface area (Å²) >= 11 is 0. The van der Waals surface area contributed by atoms with Gasteiger partial charge >= 0.3 is 6.03 Å². The van der Waals surface area contributed by atoms with Gasteiger partial charge < -0.3 is 4.90 Å². The van der Waals surface area contributed by atoms with E-state index in [0.717, 1.165) is 0 Å². The van der Waals surface area contributed by atoms with Crippen LogP contribution in [-0.2, 0) is 19.5 Å². The summed E-state index contributed by atoms with van der Waals surface area (Å²) in [6, 6.07) is 5.56. The second-order valence-corrected chi connectivity index (χ2v) is 5.75. The van der Waals surface area contributed by atoms with Crippen molar-refractivity contribution in [2.45, 2.75) is 26.4 Å². The highest BCUT2D eigenvalue weighted by Gasteiger charge is 2.26. The van der Waals surface area contributed by atoms with Gasteiger partial charge in [0.2, 0.25) is 0 Å². The molecule has 0 fully saturated rings. The van der Waals surface area contributed by atoms with Gasteiger partial charge in [0.05, 0.1) is 18.6 Å². The van der Waals surface area contributed by atoms with Crippen LogP contribution in [0.2, 0.25) is 0 Å². The Kier molecular flexibility index (Phi) is 4.33. The molecule has 24 heavy (non-hydrogen) atoms. The maximum Gasteiger partial charge on any atom is 0.324 e. The summed E-state index contributed by atoms with van der Waals surface area (Å²) < 4.78 is 14.6. The number of aryl methyl sites for hydroxylation is 1. The molecule has 0 spiro atoms. The van der Waals surface area contributed by atoms with Crippen molar-refractivity contribution >= 4 is 11.7 Å². The number of benzene rings is 1. The fourth-order valence-electron chi connectivity index (χ4n) is 2.84. The number of carbonyl (C=O) groups is 1. The number of carbonyl (C=O) groups excluding carboxylic acids is 1. The van der Waals surface area contributed by atoms with Gasteiger partial charge in [0.15, 0.2) is 0 Å². The van der Waals surface area contributed by atoms with E-state index in [2.05, 4.69) is 4.98 Å². The largest absolute Gasteiger partial charge is 0.324 e. The zero-order valence-electron chi connectivity index (χ0n) is 13.7. The number of hydrogen-bond acceptors (Lipinski definition) is 3. The van der Waals surface area contributed by atoms with Crippen LogP contribution in [0.3, 0.4) is 0 Å². The van der Waals surface area contributed by atoms with Gasteiger partial charge in [-0.3, -0.25) is 14.3 Å². The molecule has 1 aliphatic rings. The number of fused-ring (bicyclic) bond motifs is 1. The van der Waals surface area contributed by atoms with Crippen LogP contribution in [0, 0.1) is 5.82 Å². The second kappa shape index (κ2) is 6.43. The second-order valence-electron chi connectivity index (χ2n) is 5.75. The average molecular weight is 330 g/mol. The standard InChI is InChI=1S/C17H19FN4O2/c1-3-21-11-19-15-10-22(9-8-14(15)16(21)23)17(24)20(2)13-6-4-12(18)5-7-13/h4-7,11H,3,8-10H2,1-2H3. The number of urea groups is 1. The molecule has 0 radical (unpaired) electrons. The van der Waals surface area contributed by atoms with Crippen LogP contribution >= 0.6 is 0 Å².